The normalized spacial score (nSPS) is 13.9. The zero-order chi connectivity index (χ0) is 23.7. The van der Waals surface area contributed by atoms with E-state index in [0.717, 1.165) is 29.1 Å². The van der Waals surface area contributed by atoms with Crippen molar-refractivity contribution in [2.45, 2.75) is 40.3 Å². The number of allylic oxidation sites excluding steroid dienone is 2. The van der Waals surface area contributed by atoms with Crippen LogP contribution in [0.25, 0.3) is 5.76 Å². The molecule has 1 aromatic heterocycles. The molecular formula is C23H28F3N5O. The predicted molar refractivity (Wildman–Crippen MR) is 121 cm³/mol. The summed E-state index contributed by atoms with van der Waals surface area (Å²) in [7, 11) is 0. The largest absolute Gasteiger partial charge is 0.489 e. The second-order valence-electron chi connectivity index (χ2n) is 6.84. The summed E-state index contributed by atoms with van der Waals surface area (Å²) in [5.41, 5.74) is 8.46. The van der Waals surface area contributed by atoms with E-state index in [1.54, 1.807) is 6.08 Å². The van der Waals surface area contributed by atoms with Gasteiger partial charge in [0.15, 0.2) is 5.96 Å². The molecule has 1 aliphatic heterocycles. The number of guanidine groups is 1. The van der Waals surface area contributed by atoms with Crippen molar-refractivity contribution in [3.63, 3.8) is 0 Å². The van der Waals surface area contributed by atoms with E-state index in [1.165, 1.54) is 12.1 Å². The Kier molecular flexibility index (Phi) is 8.80. The van der Waals surface area contributed by atoms with Crippen molar-refractivity contribution in [3.8, 4) is 0 Å². The number of anilines is 1. The fourth-order valence-corrected chi connectivity index (χ4v) is 2.87. The van der Waals surface area contributed by atoms with Gasteiger partial charge in [-0.05, 0) is 50.1 Å². The first kappa shape index (κ1) is 24.9. The molecule has 3 rings (SSSR count). The zero-order valence-corrected chi connectivity index (χ0v) is 18.6. The minimum atomic E-state index is -4.35. The van der Waals surface area contributed by atoms with Gasteiger partial charge in [-0.15, -0.1) is 0 Å². The Labute approximate surface area is 186 Å². The molecule has 0 unspecified atom stereocenters. The Balaban J connectivity index is 0.00000176. The topological polar surface area (TPSA) is 85.4 Å². The monoisotopic (exact) mass is 447 g/mol. The lowest BCUT2D eigenvalue weighted by atomic mass is 10.1. The molecule has 1 aromatic carbocycles. The van der Waals surface area contributed by atoms with Crippen LogP contribution in [0.3, 0.4) is 0 Å². The average molecular weight is 448 g/mol. The summed E-state index contributed by atoms with van der Waals surface area (Å²) in [6.45, 7) is 8.53. The summed E-state index contributed by atoms with van der Waals surface area (Å²) in [6.07, 6.45) is -0.0828. The molecule has 172 valence electrons. The Morgan fingerprint density at radius 1 is 1.09 bits per heavy atom. The van der Waals surface area contributed by atoms with Gasteiger partial charge in [-0.2, -0.15) is 13.2 Å². The molecule has 2 heterocycles. The number of benzene rings is 1. The number of nitrogens with zero attached hydrogens (tertiary/aromatic N) is 3. The lowest BCUT2D eigenvalue weighted by Crippen LogP contribution is -2.24. The molecule has 0 amide bonds. The number of hydrogen-bond acceptors (Lipinski definition) is 4. The van der Waals surface area contributed by atoms with Gasteiger partial charge in [0.2, 0.25) is 5.95 Å². The highest BCUT2D eigenvalue weighted by Crippen LogP contribution is 2.31. The Morgan fingerprint density at radius 3 is 2.25 bits per heavy atom. The summed E-state index contributed by atoms with van der Waals surface area (Å²) in [5, 5.41) is 2.87. The van der Waals surface area contributed by atoms with Crippen LogP contribution in [-0.2, 0) is 10.9 Å². The van der Waals surface area contributed by atoms with Crippen LogP contribution < -0.4 is 11.1 Å². The van der Waals surface area contributed by atoms with Gasteiger partial charge in [-0.1, -0.05) is 32.1 Å². The maximum absolute atomic E-state index is 12.7. The number of aryl methyl sites for hydroxylation is 2. The lowest BCUT2D eigenvalue weighted by Gasteiger charge is -2.17. The summed E-state index contributed by atoms with van der Waals surface area (Å²) in [6, 6.07) is 6.75. The molecule has 0 saturated carbocycles. The lowest BCUT2D eigenvalue weighted by molar-refractivity contribution is -0.137. The van der Waals surface area contributed by atoms with Gasteiger partial charge >= 0.3 is 6.18 Å². The second kappa shape index (κ2) is 11.3. The van der Waals surface area contributed by atoms with Crippen molar-refractivity contribution in [1.82, 2.24) is 9.97 Å². The number of nitrogens with two attached hydrogens (primary N) is 1. The molecule has 0 saturated heterocycles. The third-order valence-electron chi connectivity index (χ3n) is 4.32. The number of rotatable bonds is 5. The summed E-state index contributed by atoms with van der Waals surface area (Å²) >= 11 is 0. The fraction of sp³-hybridized carbons (Fsp3) is 0.348. The molecular weight excluding hydrogens is 419 g/mol. The van der Waals surface area contributed by atoms with E-state index in [4.69, 9.17) is 10.5 Å². The van der Waals surface area contributed by atoms with Gasteiger partial charge in [-0.3, -0.25) is 10.3 Å². The average Bonchev–Trinajstić information content (AvgIpc) is 2.74. The number of aliphatic imine (C=N–C) groups is 1. The first-order valence-electron chi connectivity index (χ1n) is 10.3. The van der Waals surface area contributed by atoms with Crippen LogP contribution in [0.15, 0.2) is 53.0 Å². The van der Waals surface area contributed by atoms with E-state index in [2.05, 4.69) is 20.3 Å². The van der Waals surface area contributed by atoms with Crippen molar-refractivity contribution >= 4 is 17.7 Å². The molecule has 0 bridgehead atoms. The molecule has 1 aliphatic rings. The van der Waals surface area contributed by atoms with Crippen LogP contribution in [0.4, 0.5) is 19.1 Å². The maximum Gasteiger partial charge on any atom is 0.416 e. The van der Waals surface area contributed by atoms with Gasteiger partial charge in [-0.25, -0.2) is 9.97 Å². The van der Waals surface area contributed by atoms with Gasteiger partial charge in [0.1, 0.15) is 12.4 Å². The molecule has 0 radical (unpaired) electrons. The van der Waals surface area contributed by atoms with Crippen molar-refractivity contribution in [2.75, 3.05) is 18.5 Å². The van der Waals surface area contributed by atoms with E-state index in [0.29, 0.717) is 36.8 Å². The van der Waals surface area contributed by atoms with Gasteiger partial charge < -0.3 is 10.5 Å². The van der Waals surface area contributed by atoms with Crippen LogP contribution in [0.2, 0.25) is 0 Å². The van der Waals surface area contributed by atoms with Crippen LogP contribution in [0.1, 0.15) is 42.8 Å². The number of hydrogen-bond donors (Lipinski definition) is 2. The summed E-state index contributed by atoms with van der Waals surface area (Å²) < 4.78 is 43.7. The van der Waals surface area contributed by atoms with Crippen LogP contribution >= 0.6 is 0 Å². The Hall–Kier alpha value is -3.36. The van der Waals surface area contributed by atoms with E-state index in [-0.39, 0.29) is 5.96 Å². The highest BCUT2D eigenvalue weighted by Gasteiger charge is 2.30. The van der Waals surface area contributed by atoms with E-state index < -0.39 is 11.7 Å². The van der Waals surface area contributed by atoms with Crippen molar-refractivity contribution in [1.29, 1.82) is 0 Å². The standard InChI is InChI=1S/C21H22F3N5O.C2H6/c1-13-11-14(2)28-20(27-13)29-19(25)26-10-9-15-3-8-18(30-12-15)16-4-6-17(7-5-16)21(22,23)24;1-2/h3-8,11H,9-10,12H2,1-2H3,(H3,25,26,27,28,29);1-2H3. The fourth-order valence-electron chi connectivity index (χ4n) is 2.87. The quantitative estimate of drug-likeness (QED) is 0.483. The molecule has 0 aliphatic carbocycles. The molecule has 0 spiro atoms. The van der Waals surface area contributed by atoms with E-state index in [9.17, 15) is 13.2 Å². The van der Waals surface area contributed by atoms with E-state index in [1.807, 2.05) is 39.8 Å². The second-order valence-corrected chi connectivity index (χ2v) is 6.84. The summed E-state index contributed by atoms with van der Waals surface area (Å²) in [4.78, 5) is 12.7. The Morgan fingerprint density at radius 2 is 1.72 bits per heavy atom. The van der Waals surface area contributed by atoms with E-state index >= 15 is 0 Å². The van der Waals surface area contributed by atoms with Crippen LogP contribution in [0, 0.1) is 13.8 Å². The first-order chi connectivity index (χ1) is 15.2. The molecule has 6 nitrogen and oxygen atoms in total. The minimum Gasteiger partial charge on any atom is -0.489 e. The Bertz CT molecular complexity index is 975. The number of ether oxygens (including phenoxy) is 1. The molecule has 32 heavy (non-hydrogen) atoms. The smallest absolute Gasteiger partial charge is 0.416 e. The minimum absolute atomic E-state index is 0.221. The third-order valence-corrected chi connectivity index (χ3v) is 4.32. The molecule has 0 atom stereocenters. The first-order valence-corrected chi connectivity index (χ1v) is 10.3. The number of halogens is 3. The summed E-state index contributed by atoms with van der Waals surface area (Å²) in [5.74, 6) is 1.15. The number of nitrogens with one attached hydrogen (secondary N) is 1. The van der Waals surface area contributed by atoms with Gasteiger partial charge in [0.05, 0.1) is 5.56 Å². The SMILES string of the molecule is CC.Cc1cc(C)nc(NC(N)=NCCC2=CC=C(c3ccc(C(F)(F)F)cc3)OC2)n1. The third kappa shape index (κ3) is 7.40. The molecule has 0 fully saturated rings. The zero-order valence-electron chi connectivity index (χ0n) is 18.6. The predicted octanol–water partition coefficient (Wildman–Crippen LogP) is 5.25. The number of aromatic nitrogens is 2. The highest BCUT2D eigenvalue weighted by molar-refractivity contribution is 5.90. The number of alkyl halides is 3. The van der Waals surface area contributed by atoms with Crippen molar-refractivity contribution in [3.05, 3.63) is 70.6 Å². The highest BCUT2D eigenvalue weighted by atomic mass is 19.4. The van der Waals surface area contributed by atoms with Gasteiger partial charge in [0, 0.05) is 23.5 Å². The van der Waals surface area contributed by atoms with Crippen LogP contribution in [-0.4, -0.2) is 29.1 Å². The van der Waals surface area contributed by atoms with Crippen LogP contribution in [0.5, 0.6) is 0 Å². The maximum atomic E-state index is 12.7. The molecule has 9 heteroatoms. The van der Waals surface area contributed by atoms with Crippen molar-refractivity contribution in [2.24, 2.45) is 10.7 Å². The molecule has 3 N–H and O–H groups in total. The van der Waals surface area contributed by atoms with Gasteiger partial charge in [0.25, 0.3) is 0 Å². The molecule has 2 aromatic rings. The van der Waals surface area contributed by atoms with Crippen molar-refractivity contribution < 1.29 is 17.9 Å².